The molecule has 0 spiro atoms. The minimum Gasteiger partial charge on any atom is -0.464 e. The minimum absolute atomic E-state index is 0.0194. The highest BCUT2D eigenvalue weighted by atomic mass is 79.9. The third-order valence-electron chi connectivity index (χ3n) is 5.92. The van der Waals surface area contributed by atoms with E-state index in [2.05, 4.69) is 36.5 Å². The predicted octanol–water partition coefficient (Wildman–Crippen LogP) is 5.41. The van der Waals surface area contributed by atoms with Crippen LogP contribution in [0, 0.1) is 0 Å². The van der Waals surface area contributed by atoms with E-state index in [1.807, 2.05) is 42.6 Å². The van der Waals surface area contributed by atoms with Gasteiger partial charge in [-0.15, -0.1) is 11.3 Å². The van der Waals surface area contributed by atoms with Crippen LogP contribution in [-0.4, -0.2) is 34.9 Å². The number of carbonyl (C=O) groups excluding carboxylic acids is 3. The van der Waals surface area contributed by atoms with Gasteiger partial charge in [0.15, 0.2) is 0 Å². The molecule has 5 rings (SSSR count). The Morgan fingerprint density at radius 2 is 1.95 bits per heavy atom. The lowest BCUT2D eigenvalue weighted by Gasteiger charge is -2.11. The second kappa shape index (κ2) is 11.0. The molecule has 0 radical (unpaired) electrons. The number of aromatic nitrogens is 2. The van der Waals surface area contributed by atoms with Gasteiger partial charge in [-0.3, -0.25) is 9.59 Å². The number of methoxy groups -OCH3 is 1. The highest BCUT2D eigenvalue weighted by Gasteiger charge is 2.18. The normalized spacial score (nSPS) is 11.5. The molecule has 0 aliphatic carbocycles. The van der Waals surface area contributed by atoms with E-state index in [0.29, 0.717) is 22.1 Å². The van der Waals surface area contributed by atoms with E-state index in [9.17, 15) is 14.4 Å². The number of ether oxygens (including phenoxy) is 1. The Kier molecular flexibility index (Phi) is 7.34. The fraction of sp³-hybridized carbons (Fsp3) is 0.0714. The average molecular weight is 589 g/mol. The lowest BCUT2D eigenvalue weighted by Crippen LogP contribution is -2.28. The molecule has 0 bridgehead atoms. The van der Waals surface area contributed by atoms with Gasteiger partial charge in [-0.1, -0.05) is 18.2 Å². The molecule has 190 valence electrons. The summed E-state index contributed by atoms with van der Waals surface area (Å²) in [5.74, 6) is -1.50. The van der Waals surface area contributed by atoms with Crippen molar-refractivity contribution in [3.63, 3.8) is 0 Å². The number of nitrogens with zero attached hydrogens (tertiary/aromatic N) is 1. The zero-order valence-corrected chi connectivity index (χ0v) is 22.5. The molecule has 2 aromatic heterocycles. The van der Waals surface area contributed by atoms with Crippen LogP contribution in [0.3, 0.4) is 0 Å². The molecule has 3 N–H and O–H groups in total. The zero-order valence-electron chi connectivity index (χ0n) is 20.1. The van der Waals surface area contributed by atoms with Crippen molar-refractivity contribution >= 4 is 72.2 Å². The Balaban J connectivity index is 1.30. The first-order valence-electron chi connectivity index (χ1n) is 11.5. The Labute approximate surface area is 229 Å². The number of nitrogens with one attached hydrogen (secondary N) is 3. The summed E-state index contributed by atoms with van der Waals surface area (Å²) in [7, 11) is 1.24. The average Bonchev–Trinajstić information content (AvgIpc) is 3.60. The van der Waals surface area contributed by atoms with Gasteiger partial charge in [-0.25, -0.2) is 9.78 Å². The molecule has 10 heteroatoms. The number of benzene rings is 3. The van der Waals surface area contributed by atoms with Crippen LogP contribution in [0.2, 0.25) is 0 Å². The number of fused-ring (bicyclic) bond motifs is 2. The summed E-state index contributed by atoms with van der Waals surface area (Å²) < 4.78 is 6.22. The number of thiazole rings is 1. The van der Waals surface area contributed by atoms with E-state index in [4.69, 9.17) is 4.74 Å². The summed E-state index contributed by atoms with van der Waals surface area (Å²) in [5, 5.41) is 6.59. The highest BCUT2D eigenvalue weighted by Crippen LogP contribution is 2.22. The van der Waals surface area contributed by atoms with E-state index < -0.39 is 11.9 Å². The molecular weight excluding hydrogens is 568 g/mol. The third-order valence-corrected chi connectivity index (χ3v) is 7.37. The molecule has 0 atom stereocenters. The van der Waals surface area contributed by atoms with E-state index >= 15 is 0 Å². The summed E-state index contributed by atoms with van der Waals surface area (Å²) in [6.45, 7) is 0.356. The van der Waals surface area contributed by atoms with Gasteiger partial charge in [0.1, 0.15) is 5.70 Å². The number of H-pyrrole nitrogens is 1. The maximum Gasteiger partial charge on any atom is 0.354 e. The molecule has 0 saturated carbocycles. The van der Waals surface area contributed by atoms with Gasteiger partial charge in [0.25, 0.3) is 11.8 Å². The molecular formula is C28H21BrN4O4S. The first-order valence-corrected chi connectivity index (χ1v) is 13.2. The van der Waals surface area contributed by atoms with Crippen LogP contribution in [0.5, 0.6) is 0 Å². The Morgan fingerprint density at radius 1 is 1.08 bits per heavy atom. The van der Waals surface area contributed by atoms with Gasteiger partial charge < -0.3 is 20.4 Å². The molecule has 0 aliphatic rings. The van der Waals surface area contributed by atoms with Crippen molar-refractivity contribution in [3.8, 4) is 0 Å². The quantitative estimate of drug-likeness (QED) is 0.174. The molecule has 2 heterocycles. The van der Waals surface area contributed by atoms with Crippen molar-refractivity contribution in [2.24, 2.45) is 0 Å². The zero-order chi connectivity index (χ0) is 26.6. The standard InChI is InChI=1S/C28H21BrN4O4S/c1-37-28(36)24(11-16-5-8-23-25(12-16)38-15-32-23)33-27(35)20-7-6-17(13-21(20)29)26(34)31-14-18-3-2-4-22-19(18)9-10-30-22/h2-13,15,30H,14H2,1H3,(H,31,34)(H,33,35). The third kappa shape index (κ3) is 5.36. The van der Waals surface area contributed by atoms with Gasteiger partial charge in [-0.2, -0.15) is 0 Å². The number of esters is 1. The van der Waals surface area contributed by atoms with Gasteiger partial charge in [-0.05, 0) is 75.6 Å². The lowest BCUT2D eigenvalue weighted by atomic mass is 10.1. The predicted molar refractivity (Wildman–Crippen MR) is 151 cm³/mol. The van der Waals surface area contributed by atoms with Crippen LogP contribution in [0.15, 0.2) is 82.5 Å². The van der Waals surface area contributed by atoms with Crippen LogP contribution in [-0.2, 0) is 16.1 Å². The highest BCUT2D eigenvalue weighted by molar-refractivity contribution is 9.10. The molecule has 0 unspecified atom stereocenters. The Bertz CT molecular complexity index is 1720. The molecule has 5 aromatic rings. The lowest BCUT2D eigenvalue weighted by molar-refractivity contribution is -0.136. The van der Waals surface area contributed by atoms with E-state index in [-0.39, 0.29) is 17.2 Å². The molecule has 38 heavy (non-hydrogen) atoms. The van der Waals surface area contributed by atoms with Crippen molar-refractivity contribution in [2.45, 2.75) is 6.54 Å². The Hall–Kier alpha value is -4.28. The fourth-order valence-corrected chi connectivity index (χ4v) is 5.28. The Morgan fingerprint density at radius 3 is 2.76 bits per heavy atom. The number of amides is 2. The van der Waals surface area contributed by atoms with Crippen LogP contribution in [0.1, 0.15) is 31.8 Å². The van der Waals surface area contributed by atoms with Crippen molar-refractivity contribution < 1.29 is 19.1 Å². The van der Waals surface area contributed by atoms with Crippen LogP contribution in [0.25, 0.3) is 27.2 Å². The largest absolute Gasteiger partial charge is 0.464 e. The van der Waals surface area contributed by atoms with Gasteiger partial charge >= 0.3 is 5.97 Å². The van der Waals surface area contributed by atoms with Crippen molar-refractivity contribution in [3.05, 3.63) is 105 Å². The van der Waals surface area contributed by atoms with Crippen molar-refractivity contribution in [1.82, 2.24) is 20.6 Å². The number of hydrogen-bond acceptors (Lipinski definition) is 6. The van der Waals surface area contributed by atoms with E-state index in [0.717, 1.165) is 26.7 Å². The van der Waals surface area contributed by atoms with Crippen molar-refractivity contribution in [2.75, 3.05) is 7.11 Å². The number of carbonyl (C=O) groups is 3. The smallest absolute Gasteiger partial charge is 0.354 e. The maximum absolute atomic E-state index is 13.0. The second-order valence-corrected chi connectivity index (χ2v) is 10.1. The fourth-order valence-electron chi connectivity index (χ4n) is 4.00. The van der Waals surface area contributed by atoms with E-state index in [1.54, 1.807) is 29.8 Å². The van der Waals surface area contributed by atoms with Crippen LogP contribution >= 0.6 is 27.3 Å². The van der Waals surface area contributed by atoms with Gasteiger partial charge in [0.2, 0.25) is 0 Å². The monoisotopic (exact) mass is 588 g/mol. The first kappa shape index (κ1) is 25.4. The summed E-state index contributed by atoms with van der Waals surface area (Å²) >= 11 is 4.86. The molecule has 0 saturated heterocycles. The SMILES string of the molecule is COC(=O)C(=Cc1ccc2ncsc2c1)NC(=O)c1ccc(C(=O)NCc2cccc3[nH]ccc23)cc1Br. The summed E-state index contributed by atoms with van der Waals surface area (Å²) in [5.41, 5.74) is 5.92. The van der Waals surface area contributed by atoms with Crippen molar-refractivity contribution in [1.29, 1.82) is 0 Å². The van der Waals surface area contributed by atoms with E-state index in [1.165, 1.54) is 24.5 Å². The number of rotatable bonds is 7. The molecule has 0 fully saturated rings. The minimum atomic E-state index is -0.688. The molecule has 2 amide bonds. The topological polar surface area (TPSA) is 113 Å². The summed E-state index contributed by atoms with van der Waals surface area (Å²) in [6, 6.07) is 18.0. The van der Waals surface area contributed by atoms with Crippen LogP contribution in [0.4, 0.5) is 0 Å². The molecule has 0 aliphatic heterocycles. The first-order chi connectivity index (χ1) is 18.4. The second-order valence-electron chi connectivity index (χ2n) is 8.32. The van der Waals surface area contributed by atoms with Gasteiger partial charge in [0.05, 0.1) is 28.4 Å². The van der Waals surface area contributed by atoms with Crippen LogP contribution < -0.4 is 10.6 Å². The number of halogens is 1. The summed E-state index contributed by atoms with van der Waals surface area (Å²) in [6.07, 6.45) is 3.40. The summed E-state index contributed by atoms with van der Waals surface area (Å²) in [4.78, 5) is 45.6. The maximum atomic E-state index is 13.0. The number of hydrogen-bond donors (Lipinski definition) is 3. The number of aromatic amines is 1. The molecule has 8 nitrogen and oxygen atoms in total. The van der Waals surface area contributed by atoms with Gasteiger partial charge in [0, 0.05) is 33.7 Å². The molecule has 3 aromatic carbocycles.